The van der Waals surface area contributed by atoms with Crippen molar-refractivity contribution in [3.05, 3.63) is 77.3 Å². The summed E-state index contributed by atoms with van der Waals surface area (Å²) in [4.78, 5) is 28.1. The number of carbonyl (C=O) groups excluding carboxylic acids is 2. The fourth-order valence-electron chi connectivity index (χ4n) is 3.20. The third-order valence-corrected chi connectivity index (χ3v) is 4.79. The van der Waals surface area contributed by atoms with Gasteiger partial charge in [0.25, 0.3) is 5.91 Å². The molecule has 29 heavy (non-hydrogen) atoms. The van der Waals surface area contributed by atoms with Gasteiger partial charge in [0.2, 0.25) is 5.91 Å². The number of nitrogens with zero attached hydrogens (tertiary/aromatic N) is 1. The van der Waals surface area contributed by atoms with E-state index < -0.39 is 0 Å². The molecular formula is C22H20N4O3. The molecule has 0 spiro atoms. The van der Waals surface area contributed by atoms with Crippen LogP contribution in [-0.4, -0.2) is 22.0 Å². The van der Waals surface area contributed by atoms with Crippen LogP contribution >= 0.6 is 0 Å². The highest BCUT2D eigenvalue weighted by Gasteiger charge is 2.15. The molecule has 0 aliphatic heterocycles. The number of benzene rings is 2. The molecule has 0 saturated heterocycles. The van der Waals surface area contributed by atoms with Gasteiger partial charge >= 0.3 is 0 Å². The van der Waals surface area contributed by atoms with Crippen LogP contribution in [0.15, 0.2) is 59.4 Å². The molecule has 0 unspecified atom stereocenters. The monoisotopic (exact) mass is 388 g/mol. The van der Waals surface area contributed by atoms with Crippen molar-refractivity contribution in [2.45, 2.75) is 20.3 Å². The highest BCUT2D eigenvalue weighted by Crippen LogP contribution is 2.23. The van der Waals surface area contributed by atoms with Crippen LogP contribution in [0.5, 0.6) is 0 Å². The van der Waals surface area contributed by atoms with E-state index in [0.29, 0.717) is 22.7 Å². The number of nitrogens with one attached hydrogen (secondary N) is 3. The predicted molar refractivity (Wildman–Crippen MR) is 111 cm³/mol. The number of hydrogen-bond acceptors (Lipinski definition) is 4. The Bertz CT molecular complexity index is 1210. The Kier molecular flexibility index (Phi) is 4.87. The zero-order valence-electron chi connectivity index (χ0n) is 16.1. The maximum Gasteiger partial charge on any atom is 0.260 e. The summed E-state index contributed by atoms with van der Waals surface area (Å²) < 4.78 is 4.94. The molecule has 0 aliphatic rings. The Hall–Kier alpha value is -3.87. The van der Waals surface area contributed by atoms with E-state index in [1.807, 2.05) is 49.5 Å². The fraction of sp³-hybridized carbons (Fsp3) is 0.136. The third kappa shape index (κ3) is 3.89. The summed E-state index contributed by atoms with van der Waals surface area (Å²) in [5, 5.41) is 10.4. The summed E-state index contributed by atoms with van der Waals surface area (Å²) in [6, 6.07) is 13.3. The first-order chi connectivity index (χ1) is 14.0. The van der Waals surface area contributed by atoms with Gasteiger partial charge in [-0.1, -0.05) is 29.4 Å². The maximum absolute atomic E-state index is 12.5. The van der Waals surface area contributed by atoms with Gasteiger partial charge in [-0.25, -0.2) is 0 Å². The highest BCUT2D eigenvalue weighted by molar-refractivity contribution is 6.05. The van der Waals surface area contributed by atoms with Crippen molar-refractivity contribution < 1.29 is 14.1 Å². The third-order valence-electron chi connectivity index (χ3n) is 4.79. The molecule has 2 heterocycles. The van der Waals surface area contributed by atoms with Crippen LogP contribution in [0.2, 0.25) is 0 Å². The van der Waals surface area contributed by atoms with Crippen molar-refractivity contribution in [2.75, 3.05) is 10.6 Å². The Morgan fingerprint density at radius 2 is 1.93 bits per heavy atom. The summed E-state index contributed by atoms with van der Waals surface area (Å²) in [7, 11) is 0. The Labute approximate surface area is 167 Å². The van der Waals surface area contributed by atoms with Crippen molar-refractivity contribution in [1.82, 2.24) is 10.1 Å². The number of amides is 2. The summed E-state index contributed by atoms with van der Waals surface area (Å²) in [6.07, 6.45) is 3.48. The molecule has 0 fully saturated rings. The molecule has 4 aromatic rings. The molecule has 7 heteroatoms. The summed E-state index contributed by atoms with van der Waals surface area (Å²) >= 11 is 0. The molecule has 2 amide bonds. The van der Waals surface area contributed by atoms with Gasteiger partial charge in [0.05, 0.1) is 12.6 Å². The molecule has 0 saturated carbocycles. The SMILES string of the molecule is Cc1ccc(NC(=O)Cc2c[nH]c3ccccc23)cc1NC(=O)c1cnoc1C. The Morgan fingerprint density at radius 3 is 2.72 bits per heavy atom. The topological polar surface area (TPSA) is 100 Å². The van der Waals surface area contributed by atoms with Crippen LogP contribution in [0.4, 0.5) is 11.4 Å². The zero-order valence-corrected chi connectivity index (χ0v) is 16.1. The molecular weight excluding hydrogens is 368 g/mol. The van der Waals surface area contributed by atoms with Gasteiger partial charge in [-0.3, -0.25) is 9.59 Å². The van der Waals surface area contributed by atoms with Gasteiger partial charge in [-0.2, -0.15) is 0 Å². The zero-order chi connectivity index (χ0) is 20.4. The average Bonchev–Trinajstić information content (AvgIpc) is 3.31. The van der Waals surface area contributed by atoms with E-state index >= 15 is 0 Å². The van der Waals surface area contributed by atoms with E-state index in [0.717, 1.165) is 22.0 Å². The van der Waals surface area contributed by atoms with Crippen LogP contribution in [0.1, 0.15) is 27.2 Å². The van der Waals surface area contributed by atoms with Gasteiger partial charge in [0.1, 0.15) is 11.3 Å². The van der Waals surface area contributed by atoms with E-state index in [9.17, 15) is 9.59 Å². The number of aryl methyl sites for hydroxylation is 2. The smallest absolute Gasteiger partial charge is 0.260 e. The van der Waals surface area contributed by atoms with Crippen LogP contribution < -0.4 is 10.6 Å². The Balaban J connectivity index is 1.47. The van der Waals surface area contributed by atoms with Gasteiger partial charge < -0.3 is 20.1 Å². The number of anilines is 2. The number of aromatic amines is 1. The van der Waals surface area contributed by atoms with Crippen molar-refractivity contribution >= 4 is 34.1 Å². The van der Waals surface area contributed by atoms with Gasteiger partial charge in [0, 0.05) is 28.5 Å². The van der Waals surface area contributed by atoms with E-state index in [-0.39, 0.29) is 18.2 Å². The van der Waals surface area contributed by atoms with E-state index in [2.05, 4.69) is 20.8 Å². The lowest BCUT2D eigenvalue weighted by atomic mass is 10.1. The number of aromatic nitrogens is 2. The molecule has 2 aromatic carbocycles. The first kappa shape index (κ1) is 18.5. The Morgan fingerprint density at radius 1 is 1.10 bits per heavy atom. The second-order valence-electron chi connectivity index (χ2n) is 6.86. The summed E-state index contributed by atoms with van der Waals surface area (Å²) in [6.45, 7) is 3.56. The minimum Gasteiger partial charge on any atom is -0.361 e. The lowest BCUT2D eigenvalue weighted by Gasteiger charge is -2.11. The second-order valence-corrected chi connectivity index (χ2v) is 6.86. The molecule has 0 aliphatic carbocycles. The molecule has 0 atom stereocenters. The van der Waals surface area contributed by atoms with Crippen molar-refractivity contribution in [1.29, 1.82) is 0 Å². The number of hydrogen-bond donors (Lipinski definition) is 3. The molecule has 0 bridgehead atoms. The van der Waals surface area contributed by atoms with Crippen LogP contribution in [-0.2, 0) is 11.2 Å². The molecule has 7 nitrogen and oxygen atoms in total. The van der Waals surface area contributed by atoms with Crippen molar-refractivity contribution in [3.63, 3.8) is 0 Å². The van der Waals surface area contributed by atoms with E-state index in [1.54, 1.807) is 13.0 Å². The second kappa shape index (κ2) is 7.63. The number of carbonyl (C=O) groups is 2. The standard InChI is InChI=1S/C22H20N4O3/c1-13-7-8-16(10-20(13)26-22(28)18-12-24-29-14(18)2)25-21(27)9-15-11-23-19-6-4-3-5-17(15)19/h3-8,10-12,23H,9H2,1-2H3,(H,25,27)(H,26,28). The fourth-order valence-corrected chi connectivity index (χ4v) is 3.20. The number of rotatable bonds is 5. The molecule has 2 aromatic heterocycles. The maximum atomic E-state index is 12.5. The number of para-hydroxylation sites is 1. The van der Waals surface area contributed by atoms with E-state index in [4.69, 9.17) is 4.52 Å². The van der Waals surface area contributed by atoms with Gasteiger partial charge in [-0.15, -0.1) is 0 Å². The minimum absolute atomic E-state index is 0.134. The van der Waals surface area contributed by atoms with Crippen molar-refractivity contribution in [3.8, 4) is 0 Å². The largest absolute Gasteiger partial charge is 0.361 e. The summed E-state index contributed by atoms with van der Waals surface area (Å²) in [5.74, 6) is 0.00298. The first-order valence-corrected chi connectivity index (χ1v) is 9.19. The number of fused-ring (bicyclic) bond motifs is 1. The lowest BCUT2D eigenvalue weighted by molar-refractivity contribution is -0.115. The minimum atomic E-state index is -0.311. The van der Waals surface area contributed by atoms with Crippen LogP contribution in [0.25, 0.3) is 10.9 Å². The van der Waals surface area contributed by atoms with Gasteiger partial charge in [0.15, 0.2) is 0 Å². The average molecular weight is 388 g/mol. The molecule has 3 N–H and O–H groups in total. The van der Waals surface area contributed by atoms with Crippen LogP contribution in [0.3, 0.4) is 0 Å². The summed E-state index contributed by atoms with van der Waals surface area (Å²) in [5.41, 5.74) is 4.40. The van der Waals surface area contributed by atoms with Crippen LogP contribution in [0, 0.1) is 13.8 Å². The molecule has 146 valence electrons. The number of H-pyrrole nitrogens is 1. The van der Waals surface area contributed by atoms with Gasteiger partial charge in [-0.05, 0) is 43.2 Å². The lowest BCUT2D eigenvalue weighted by Crippen LogP contribution is -2.16. The van der Waals surface area contributed by atoms with Crippen molar-refractivity contribution in [2.24, 2.45) is 0 Å². The quantitative estimate of drug-likeness (QED) is 0.477. The predicted octanol–water partition coefficient (Wildman–Crippen LogP) is 4.21. The molecule has 4 rings (SSSR count). The van der Waals surface area contributed by atoms with E-state index in [1.165, 1.54) is 6.20 Å². The highest BCUT2D eigenvalue weighted by atomic mass is 16.5. The molecule has 0 radical (unpaired) electrons. The first-order valence-electron chi connectivity index (χ1n) is 9.19. The normalized spacial score (nSPS) is 10.8.